The van der Waals surface area contributed by atoms with Crippen molar-refractivity contribution in [2.24, 2.45) is 5.73 Å². The van der Waals surface area contributed by atoms with Gasteiger partial charge in [-0.2, -0.15) is 0 Å². The first-order chi connectivity index (χ1) is 9.81. The zero-order chi connectivity index (χ0) is 15.6. The number of hydrogen-bond acceptors (Lipinski definition) is 3. The minimum absolute atomic E-state index is 0.0611. The molecule has 0 bridgehead atoms. The monoisotopic (exact) mass is 324 g/mol. The molecule has 0 heterocycles. The van der Waals surface area contributed by atoms with Gasteiger partial charge < -0.3 is 5.73 Å². The van der Waals surface area contributed by atoms with Crippen molar-refractivity contribution in [1.82, 2.24) is 0 Å². The number of benzene rings is 2. The summed E-state index contributed by atoms with van der Waals surface area (Å²) in [5.41, 5.74) is 6.27. The van der Waals surface area contributed by atoms with Crippen molar-refractivity contribution < 1.29 is 13.2 Å². The number of anilines is 1. The molecule has 0 aliphatic carbocycles. The summed E-state index contributed by atoms with van der Waals surface area (Å²) in [6.45, 7) is 1.80. The van der Waals surface area contributed by atoms with Gasteiger partial charge in [-0.1, -0.05) is 29.8 Å². The molecule has 0 aliphatic heterocycles. The molecule has 0 aliphatic rings. The third kappa shape index (κ3) is 3.34. The van der Waals surface area contributed by atoms with E-state index in [1.165, 1.54) is 18.2 Å². The maximum Gasteiger partial charge on any atom is 0.263 e. The summed E-state index contributed by atoms with van der Waals surface area (Å²) in [5, 5.41) is 0.110. The van der Waals surface area contributed by atoms with Gasteiger partial charge in [-0.15, -0.1) is 0 Å². The molecule has 2 aromatic rings. The smallest absolute Gasteiger partial charge is 0.263 e. The molecule has 0 radical (unpaired) electrons. The van der Waals surface area contributed by atoms with E-state index in [9.17, 15) is 13.2 Å². The lowest BCUT2D eigenvalue weighted by Gasteiger charge is -2.12. The number of nitrogens with one attached hydrogen (secondary N) is 1. The molecule has 5 nitrogen and oxygen atoms in total. The van der Waals surface area contributed by atoms with E-state index in [1.807, 2.05) is 0 Å². The molecule has 2 aromatic carbocycles. The summed E-state index contributed by atoms with van der Waals surface area (Å²) < 4.78 is 27.1. The van der Waals surface area contributed by atoms with Gasteiger partial charge in [-0.05, 0) is 36.8 Å². The van der Waals surface area contributed by atoms with Crippen LogP contribution in [0.3, 0.4) is 0 Å². The fourth-order valence-corrected chi connectivity index (χ4v) is 3.49. The highest BCUT2D eigenvalue weighted by Crippen LogP contribution is 2.26. The van der Waals surface area contributed by atoms with E-state index in [-0.39, 0.29) is 21.2 Å². The lowest BCUT2D eigenvalue weighted by Crippen LogP contribution is -2.18. The van der Waals surface area contributed by atoms with E-state index in [2.05, 4.69) is 4.72 Å². The Morgan fingerprint density at radius 1 is 1.19 bits per heavy atom. The SMILES string of the molecule is Cc1ccc(S(=O)(=O)Nc2ccccc2C(N)=O)c(Cl)c1. The summed E-state index contributed by atoms with van der Waals surface area (Å²) in [7, 11) is -3.91. The van der Waals surface area contributed by atoms with Gasteiger partial charge in [-0.3, -0.25) is 9.52 Å². The highest BCUT2D eigenvalue weighted by Gasteiger charge is 2.20. The summed E-state index contributed by atoms with van der Waals surface area (Å²) in [4.78, 5) is 11.3. The van der Waals surface area contributed by atoms with Crippen LogP contribution >= 0.6 is 11.6 Å². The molecule has 0 spiro atoms. The van der Waals surface area contributed by atoms with E-state index in [4.69, 9.17) is 17.3 Å². The van der Waals surface area contributed by atoms with E-state index >= 15 is 0 Å². The molecule has 0 aromatic heterocycles. The van der Waals surface area contributed by atoms with Crippen molar-refractivity contribution in [3.05, 3.63) is 58.6 Å². The van der Waals surface area contributed by atoms with E-state index in [0.717, 1.165) is 5.56 Å². The molecule has 3 N–H and O–H groups in total. The van der Waals surface area contributed by atoms with Gasteiger partial charge in [-0.25, -0.2) is 8.42 Å². The molecular formula is C14H13ClN2O3S. The van der Waals surface area contributed by atoms with Gasteiger partial charge in [0.1, 0.15) is 4.90 Å². The van der Waals surface area contributed by atoms with Crippen molar-refractivity contribution in [2.45, 2.75) is 11.8 Å². The Morgan fingerprint density at radius 3 is 2.48 bits per heavy atom. The molecular weight excluding hydrogens is 312 g/mol. The fourth-order valence-electron chi connectivity index (χ4n) is 1.81. The number of para-hydroxylation sites is 1. The number of nitrogens with two attached hydrogens (primary N) is 1. The number of hydrogen-bond donors (Lipinski definition) is 2. The zero-order valence-electron chi connectivity index (χ0n) is 11.1. The molecule has 0 saturated carbocycles. The summed E-state index contributed by atoms with van der Waals surface area (Å²) >= 11 is 5.97. The third-order valence-electron chi connectivity index (χ3n) is 2.81. The van der Waals surface area contributed by atoms with Crippen LogP contribution in [0.5, 0.6) is 0 Å². The molecule has 7 heteroatoms. The number of rotatable bonds is 4. The highest BCUT2D eigenvalue weighted by atomic mass is 35.5. The summed E-state index contributed by atoms with van der Waals surface area (Å²) in [6, 6.07) is 10.7. The Balaban J connectivity index is 2.45. The first-order valence-corrected chi connectivity index (χ1v) is 7.85. The topological polar surface area (TPSA) is 89.3 Å². The highest BCUT2D eigenvalue weighted by molar-refractivity contribution is 7.92. The minimum Gasteiger partial charge on any atom is -0.366 e. The maximum absolute atomic E-state index is 12.4. The molecule has 0 unspecified atom stereocenters. The second-order valence-corrected chi connectivity index (χ2v) is 6.51. The number of primary amides is 1. The predicted molar refractivity (Wildman–Crippen MR) is 82.0 cm³/mol. The predicted octanol–water partition coefficient (Wildman–Crippen LogP) is 2.55. The molecule has 2 rings (SSSR count). The Bertz CT molecular complexity index is 804. The summed E-state index contributed by atoms with van der Waals surface area (Å²) in [6.07, 6.45) is 0. The Labute approximate surface area is 127 Å². The number of carbonyl (C=O) groups is 1. The van der Waals surface area contributed by atoms with E-state index in [0.29, 0.717) is 0 Å². The molecule has 1 amide bonds. The summed E-state index contributed by atoms with van der Waals surface area (Å²) in [5.74, 6) is -0.719. The zero-order valence-corrected chi connectivity index (χ0v) is 12.7. The lowest BCUT2D eigenvalue weighted by molar-refractivity contribution is 0.100. The molecule has 0 fully saturated rings. The third-order valence-corrected chi connectivity index (χ3v) is 4.66. The Hall–Kier alpha value is -2.05. The van der Waals surface area contributed by atoms with Crippen molar-refractivity contribution in [2.75, 3.05) is 4.72 Å². The maximum atomic E-state index is 12.4. The second-order valence-electron chi connectivity index (χ2n) is 4.45. The fraction of sp³-hybridized carbons (Fsp3) is 0.0714. The molecule has 0 atom stereocenters. The average Bonchev–Trinajstić information content (AvgIpc) is 2.37. The molecule has 21 heavy (non-hydrogen) atoms. The number of halogens is 1. The van der Waals surface area contributed by atoms with Crippen LogP contribution in [-0.2, 0) is 10.0 Å². The lowest BCUT2D eigenvalue weighted by atomic mass is 10.2. The van der Waals surface area contributed by atoms with Gasteiger partial charge in [0.25, 0.3) is 15.9 Å². The Kier molecular flexibility index (Phi) is 4.20. The van der Waals surface area contributed by atoms with Gasteiger partial charge in [0, 0.05) is 0 Å². The van der Waals surface area contributed by atoms with Crippen molar-refractivity contribution in [3.63, 3.8) is 0 Å². The van der Waals surface area contributed by atoms with Crippen LogP contribution in [0.25, 0.3) is 0 Å². The van der Waals surface area contributed by atoms with Crippen molar-refractivity contribution in [3.8, 4) is 0 Å². The number of aryl methyl sites for hydroxylation is 1. The van der Waals surface area contributed by atoms with Gasteiger partial charge >= 0.3 is 0 Å². The second kappa shape index (κ2) is 5.75. The first kappa shape index (κ1) is 15.3. The van der Waals surface area contributed by atoms with Crippen molar-refractivity contribution in [1.29, 1.82) is 0 Å². The normalized spacial score (nSPS) is 11.1. The van der Waals surface area contributed by atoms with Crippen LogP contribution in [0.4, 0.5) is 5.69 Å². The van der Waals surface area contributed by atoms with Crippen LogP contribution in [0.1, 0.15) is 15.9 Å². The van der Waals surface area contributed by atoms with E-state index < -0.39 is 15.9 Å². The standard InChI is InChI=1S/C14H13ClN2O3S/c1-9-6-7-13(11(15)8-9)21(19,20)17-12-5-3-2-4-10(12)14(16)18/h2-8,17H,1H3,(H2,16,18). The largest absolute Gasteiger partial charge is 0.366 e. The molecule has 0 saturated heterocycles. The molecule has 110 valence electrons. The Morgan fingerprint density at radius 2 is 1.86 bits per heavy atom. The van der Waals surface area contributed by atoms with Gasteiger partial charge in [0.05, 0.1) is 16.3 Å². The van der Waals surface area contributed by atoms with Crippen molar-refractivity contribution >= 4 is 33.2 Å². The number of carbonyl (C=O) groups excluding carboxylic acids is 1. The first-order valence-electron chi connectivity index (χ1n) is 5.99. The van der Waals surface area contributed by atoms with Gasteiger partial charge in [0.2, 0.25) is 0 Å². The van der Waals surface area contributed by atoms with Gasteiger partial charge in [0.15, 0.2) is 0 Å². The quantitative estimate of drug-likeness (QED) is 0.905. The van der Waals surface area contributed by atoms with Crippen LogP contribution < -0.4 is 10.5 Å². The van der Waals surface area contributed by atoms with Crippen LogP contribution in [0.15, 0.2) is 47.4 Å². The number of amides is 1. The van der Waals surface area contributed by atoms with E-state index in [1.54, 1.807) is 31.2 Å². The number of sulfonamides is 1. The average molecular weight is 325 g/mol. The van der Waals surface area contributed by atoms with Crippen LogP contribution in [-0.4, -0.2) is 14.3 Å². The minimum atomic E-state index is -3.91. The van der Waals surface area contributed by atoms with Crippen LogP contribution in [0, 0.1) is 6.92 Å². The van der Waals surface area contributed by atoms with Crippen LogP contribution in [0.2, 0.25) is 5.02 Å².